The van der Waals surface area contributed by atoms with Crippen LogP contribution in [-0.2, 0) is 9.09 Å². The summed E-state index contributed by atoms with van der Waals surface area (Å²) in [6.07, 6.45) is -4.86. The lowest BCUT2D eigenvalue weighted by atomic mass is 10.4. The molecule has 0 aromatic heterocycles. The van der Waals surface area contributed by atoms with E-state index in [0.717, 1.165) is 0 Å². The number of rotatable bonds is 2. The van der Waals surface area contributed by atoms with Crippen molar-refractivity contribution >= 4 is 13.3 Å². The molecule has 1 aromatic carbocycles. The molecule has 6 heteroatoms. The van der Waals surface area contributed by atoms with Crippen LogP contribution in [0.4, 0.5) is 13.2 Å². The molecule has 0 fully saturated rings. The lowest BCUT2D eigenvalue weighted by molar-refractivity contribution is -0.271. The molecule has 2 nitrogen and oxygen atoms in total. The smallest absolute Gasteiger partial charge is 0.141 e. The second-order valence-corrected chi connectivity index (χ2v) is 3.34. The Bertz CT molecular complexity index is 296. The normalized spacial score (nSPS) is 12.7. The zero-order chi connectivity index (χ0) is 9.90. The molecule has 13 heavy (non-hydrogen) atoms. The van der Waals surface area contributed by atoms with Crippen LogP contribution in [0.25, 0.3) is 0 Å². The Morgan fingerprint density at radius 3 is 2.15 bits per heavy atom. The molecule has 0 aliphatic heterocycles. The van der Waals surface area contributed by atoms with E-state index in [0.29, 0.717) is 0 Å². The summed E-state index contributed by atoms with van der Waals surface area (Å²) >= 11 is 0. The Kier molecular flexibility index (Phi) is 3.01. The summed E-state index contributed by atoms with van der Waals surface area (Å²) < 4.78 is 49.0. The molecule has 0 aliphatic carbocycles. The van der Waals surface area contributed by atoms with Crippen molar-refractivity contribution in [1.82, 2.24) is 0 Å². The molecule has 1 rings (SSSR count). The van der Waals surface area contributed by atoms with E-state index in [4.69, 9.17) is 0 Å². The summed E-state index contributed by atoms with van der Waals surface area (Å²) in [5.74, 6) is 0. The maximum absolute atomic E-state index is 11.6. The van der Waals surface area contributed by atoms with Crippen molar-refractivity contribution in [3.63, 3.8) is 0 Å². The highest BCUT2D eigenvalue weighted by Gasteiger charge is 2.42. The van der Waals surface area contributed by atoms with Crippen molar-refractivity contribution in [2.24, 2.45) is 0 Å². The molecule has 0 radical (unpaired) electrons. The number of halogens is 3. The predicted molar refractivity (Wildman–Crippen MR) is 40.8 cm³/mol. The van der Waals surface area contributed by atoms with Crippen LogP contribution in [-0.4, -0.2) is 6.36 Å². The van der Waals surface area contributed by atoms with E-state index in [-0.39, 0.29) is 5.30 Å². The average Bonchev–Trinajstić information content (AvgIpc) is 2.03. The second-order valence-electron chi connectivity index (χ2n) is 2.13. The molecule has 1 aromatic rings. The Morgan fingerprint density at radius 2 is 1.69 bits per heavy atom. The lowest BCUT2D eigenvalue weighted by Crippen LogP contribution is -2.11. The Hall–Kier alpha value is -0.930. The summed E-state index contributed by atoms with van der Waals surface area (Å²) in [5, 5.41) is 0.0230. The summed E-state index contributed by atoms with van der Waals surface area (Å²) in [6.45, 7) is 0. The molecule has 70 valence electrons. The highest BCUT2D eigenvalue weighted by atomic mass is 31.1. The predicted octanol–water partition coefficient (Wildman–Crippen LogP) is 2.59. The third-order valence-electron chi connectivity index (χ3n) is 1.15. The van der Waals surface area contributed by atoms with Crippen molar-refractivity contribution in [1.29, 1.82) is 0 Å². The average molecular weight is 209 g/mol. The molecular formula is C7H5F3O2P+. The fourth-order valence-electron chi connectivity index (χ4n) is 0.696. The molecule has 0 N–H and O–H groups in total. The maximum atomic E-state index is 11.6. The van der Waals surface area contributed by atoms with Crippen LogP contribution in [0.15, 0.2) is 30.3 Å². The van der Waals surface area contributed by atoms with Crippen LogP contribution in [0.2, 0.25) is 0 Å². The van der Waals surface area contributed by atoms with Gasteiger partial charge in [0.05, 0.1) is 0 Å². The number of hydrogen-bond acceptors (Lipinski definition) is 2. The first kappa shape index (κ1) is 10.2. The van der Waals surface area contributed by atoms with Crippen LogP contribution < -0.4 is 5.30 Å². The van der Waals surface area contributed by atoms with Crippen molar-refractivity contribution in [2.75, 3.05) is 0 Å². The van der Waals surface area contributed by atoms with Crippen LogP contribution in [0, 0.1) is 0 Å². The van der Waals surface area contributed by atoms with Gasteiger partial charge in [0.25, 0.3) is 0 Å². The van der Waals surface area contributed by atoms with E-state index < -0.39 is 14.4 Å². The maximum Gasteiger partial charge on any atom is 0.565 e. The van der Waals surface area contributed by atoms with Gasteiger partial charge in [0, 0.05) is 0 Å². The van der Waals surface area contributed by atoms with E-state index in [1.54, 1.807) is 6.07 Å². The van der Waals surface area contributed by atoms with Gasteiger partial charge in [0.2, 0.25) is 5.30 Å². The minimum absolute atomic E-state index is 0.0230. The van der Waals surface area contributed by atoms with Gasteiger partial charge in [-0.1, -0.05) is 18.2 Å². The van der Waals surface area contributed by atoms with Gasteiger partial charge in [-0.2, -0.15) is 0 Å². The summed E-state index contributed by atoms with van der Waals surface area (Å²) in [7, 11) is -2.84. The second kappa shape index (κ2) is 3.85. The van der Waals surface area contributed by atoms with Gasteiger partial charge in [-0.25, -0.2) is 0 Å². The van der Waals surface area contributed by atoms with E-state index in [1.165, 1.54) is 24.3 Å². The van der Waals surface area contributed by atoms with Gasteiger partial charge < -0.3 is 0 Å². The molecule has 0 saturated heterocycles. The van der Waals surface area contributed by atoms with Gasteiger partial charge in [-0.15, -0.1) is 13.2 Å². The van der Waals surface area contributed by atoms with Crippen molar-refractivity contribution < 1.29 is 22.3 Å². The zero-order valence-corrected chi connectivity index (χ0v) is 7.18. The number of alkyl halides is 3. The molecule has 1 atom stereocenters. The van der Waals surface area contributed by atoms with Crippen molar-refractivity contribution in [3.05, 3.63) is 30.3 Å². The third kappa shape index (κ3) is 3.53. The van der Waals surface area contributed by atoms with Gasteiger partial charge in [-0.3, -0.25) is 0 Å². The highest BCUT2D eigenvalue weighted by molar-refractivity contribution is 7.48. The molecular weight excluding hydrogens is 204 g/mol. The standard InChI is InChI=1S/C7H5F3O2P/c8-7(9,10)12-13(11)6-4-2-1-3-5-6/h1-5H/q+1. The molecule has 0 saturated carbocycles. The summed E-state index contributed by atoms with van der Waals surface area (Å²) in [5.41, 5.74) is 0. The monoisotopic (exact) mass is 209 g/mol. The lowest BCUT2D eigenvalue weighted by Gasteiger charge is -1.94. The Balaban J connectivity index is 2.71. The van der Waals surface area contributed by atoms with Gasteiger partial charge in [0.1, 0.15) is 0 Å². The van der Waals surface area contributed by atoms with E-state index in [9.17, 15) is 17.7 Å². The molecule has 0 heterocycles. The first-order valence-corrected chi connectivity index (χ1v) is 4.45. The van der Waals surface area contributed by atoms with Gasteiger partial charge >= 0.3 is 14.4 Å². The molecule has 0 amide bonds. The van der Waals surface area contributed by atoms with Crippen LogP contribution in [0.1, 0.15) is 0 Å². The fourth-order valence-corrected chi connectivity index (χ4v) is 1.41. The van der Waals surface area contributed by atoms with Crippen LogP contribution in [0.5, 0.6) is 0 Å². The van der Waals surface area contributed by atoms with E-state index >= 15 is 0 Å². The minimum Gasteiger partial charge on any atom is -0.141 e. The molecule has 0 spiro atoms. The molecule has 0 bridgehead atoms. The topological polar surface area (TPSA) is 26.3 Å². The Labute approximate surface area is 73.2 Å². The fraction of sp³-hybridized carbons (Fsp3) is 0.143. The largest absolute Gasteiger partial charge is 0.565 e. The first-order chi connectivity index (χ1) is 5.99. The van der Waals surface area contributed by atoms with Crippen molar-refractivity contribution in [3.8, 4) is 0 Å². The van der Waals surface area contributed by atoms with Crippen LogP contribution >= 0.6 is 8.03 Å². The van der Waals surface area contributed by atoms with Crippen LogP contribution in [0.3, 0.4) is 0 Å². The van der Waals surface area contributed by atoms with E-state index in [1.807, 2.05) is 0 Å². The summed E-state index contributed by atoms with van der Waals surface area (Å²) in [6, 6.07) is 7.21. The highest BCUT2D eigenvalue weighted by Crippen LogP contribution is 2.32. The van der Waals surface area contributed by atoms with Gasteiger partial charge in [0.15, 0.2) is 0 Å². The number of benzene rings is 1. The van der Waals surface area contributed by atoms with Gasteiger partial charge in [-0.05, 0) is 21.2 Å². The quantitative estimate of drug-likeness (QED) is 0.699. The third-order valence-corrected chi connectivity index (χ3v) is 2.25. The zero-order valence-electron chi connectivity index (χ0n) is 6.28. The van der Waals surface area contributed by atoms with Crippen molar-refractivity contribution in [2.45, 2.75) is 6.36 Å². The van der Waals surface area contributed by atoms with E-state index in [2.05, 4.69) is 4.52 Å². The Morgan fingerprint density at radius 1 is 1.15 bits per heavy atom. The summed E-state index contributed by atoms with van der Waals surface area (Å²) in [4.78, 5) is 0. The number of hydrogen-bond donors (Lipinski definition) is 0. The molecule has 0 aliphatic rings. The minimum atomic E-state index is -4.86. The first-order valence-electron chi connectivity index (χ1n) is 3.27. The molecule has 1 unspecified atom stereocenters. The SMILES string of the molecule is O=[P+](OC(F)(F)F)c1ccccc1.